The molecule has 0 atom stereocenters. The molecule has 0 aromatic heterocycles. The molecule has 0 amide bonds. The van der Waals surface area contributed by atoms with E-state index in [1.165, 1.54) is 13.8 Å². The van der Waals surface area contributed by atoms with E-state index >= 15 is 0 Å². The van der Waals surface area contributed by atoms with Gasteiger partial charge in [-0.1, -0.05) is 40.3 Å². The van der Waals surface area contributed by atoms with Gasteiger partial charge in [-0.2, -0.15) is 0 Å². The van der Waals surface area contributed by atoms with Crippen LogP contribution in [0.3, 0.4) is 0 Å². The Labute approximate surface area is 133 Å². The van der Waals surface area contributed by atoms with Crippen molar-refractivity contribution in [3.05, 3.63) is 58.7 Å². The van der Waals surface area contributed by atoms with Gasteiger partial charge in [0.05, 0.1) is 0 Å². The lowest BCUT2D eigenvalue weighted by molar-refractivity contribution is -0.114. The second-order valence-corrected chi connectivity index (χ2v) is 6.05. The van der Waals surface area contributed by atoms with E-state index in [0.29, 0.717) is 12.3 Å². The van der Waals surface area contributed by atoms with Crippen LogP contribution in [0.4, 0.5) is 17.6 Å². The SMILES string of the molecule is C=C1C=C(C(C)C)C(=O)C1.CC(C)c1c(F)c(F)cc(F)c1F. The predicted molar refractivity (Wildman–Crippen MR) is 82.0 cm³/mol. The van der Waals surface area contributed by atoms with Gasteiger partial charge in [0.25, 0.3) is 0 Å². The average molecular weight is 328 g/mol. The highest BCUT2D eigenvalue weighted by atomic mass is 19.2. The summed E-state index contributed by atoms with van der Waals surface area (Å²) in [5.74, 6) is -5.33. The van der Waals surface area contributed by atoms with Gasteiger partial charge in [-0.3, -0.25) is 4.79 Å². The van der Waals surface area contributed by atoms with Gasteiger partial charge < -0.3 is 0 Å². The first-order chi connectivity index (χ1) is 10.6. The molecule has 126 valence electrons. The standard InChI is InChI=1S/C9H8F4.C9H12O/c1-4(2)7-8(12)5(10)3-6(11)9(7)13;1-6(2)8-4-7(3)5-9(8)10/h3-4H,1-2H3;4,6H,3,5H2,1-2H3. The summed E-state index contributed by atoms with van der Waals surface area (Å²) in [5.41, 5.74) is 1.34. The van der Waals surface area contributed by atoms with Gasteiger partial charge in [0.2, 0.25) is 0 Å². The molecular weight excluding hydrogens is 308 g/mol. The number of hydrogen-bond donors (Lipinski definition) is 0. The van der Waals surface area contributed by atoms with Crippen LogP contribution >= 0.6 is 0 Å². The Hall–Kier alpha value is -1.91. The third-order valence-corrected chi connectivity index (χ3v) is 3.41. The number of carbonyl (C=O) groups is 1. The zero-order chi connectivity index (χ0) is 17.9. The monoisotopic (exact) mass is 328 g/mol. The minimum absolute atomic E-state index is 0.205. The summed E-state index contributed by atoms with van der Waals surface area (Å²) in [6, 6.07) is 0.205. The van der Waals surface area contributed by atoms with Crippen LogP contribution in [-0.2, 0) is 4.79 Å². The molecule has 5 heteroatoms. The molecule has 1 aromatic carbocycles. The Morgan fingerprint density at radius 2 is 1.43 bits per heavy atom. The lowest BCUT2D eigenvalue weighted by atomic mass is 10.0. The first-order valence-corrected chi connectivity index (χ1v) is 7.31. The minimum Gasteiger partial charge on any atom is -0.294 e. The first kappa shape index (κ1) is 19.1. The lowest BCUT2D eigenvalue weighted by Gasteiger charge is -2.09. The van der Waals surface area contributed by atoms with Gasteiger partial charge in [-0.25, -0.2) is 17.6 Å². The van der Waals surface area contributed by atoms with E-state index < -0.39 is 34.8 Å². The number of allylic oxidation sites excluding steroid dienone is 3. The van der Waals surface area contributed by atoms with E-state index in [1.807, 2.05) is 19.9 Å². The molecule has 0 spiro atoms. The fourth-order valence-electron chi connectivity index (χ4n) is 2.25. The van der Waals surface area contributed by atoms with Crippen molar-refractivity contribution in [1.29, 1.82) is 0 Å². The van der Waals surface area contributed by atoms with E-state index in [2.05, 4.69) is 6.58 Å². The molecule has 1 aliphatic rings. The second-order valence-electron chi connectivity index (χ2n) is 6.05. The van der Waals surface area contributed by atoms with Crippen molar-refractivity contribution in [3.8, 4) is 0 Å². The summed E-state index contributed by atoms with van der Waals surface area (Å²) in [5, 5.41) is 0. The number of Topliss-reactive ketones (excluding diaryl/α,β-unsaturated/α-hetero) is 1. The van der Waals surface area contributed by atoms with Gasteiger partial charge in [-0.15, -0.1) is 0 Å². The third-order valence-electron chi connectivity index (χ3n) is 3.41. The van der Waals surface area contributed by atoms with Crippen molar-refractivity contribution in [2.45, 2.75) is 40.0 Å². The lowest BCUT2D eigenvalue weighted by Crippen LogP contribution is -2.03. The number of benzene rings is 1. The van der Waals surface area contributed by atoms with Crippen LogP contribution in [0.25, 0.3) is 0 Å². The van der Waals surface area contributed by atoms with Crippen molar-refractivity contribution in [2.24, 2.45) is 5.92 Å². The third kappa shape index (κ3) is 4.53. The van der Waals surface area contributed by atoms with Gasteiger partial charge in [0.1, 0.15) is 0 Å². The van der Waals surface area contributed by atoms with Gasteiger partial charge >= 0.3 is 0 Å². The molecule has 23 heavy (non-hydrogen) atoms. The molecule has 1 aromatic rings. The molecule has 0 heterocycles. The molecule has 0 N–H and O–H groups in total. The highest BCUT2D eigenvalue weighted by Crippen LogP contribution is 2.26. The van der Waals surface area contributed by atoms with E-state index in [-0.39, 0.29) is 11.8 Å². The smallest absolute Gasteiger partial charge is 0.165 e. The Morgan fingerprint density at radius 1 is 0.957 bits per heavy atom. The van der Waals surface area contributed by atoms with Crippen molar-refractivity contribution in [3.63, 3.8) is 0 Å². The Bertz CT molecular complexity index is 631. The number of rotatable bonds is 2. The van der Waals surface area contributed by atoms with Crippen LogP contribution in [-0.4, -0.2) is 5.78 Å². The predicted octanol–water partition coefficient (Wildman–Crippen LogP) is 5.46. The van der Waals surface area contributed by atoms with Crippen LogP contribution < -0.4 is 0 Å². The molecule has 0 radical (unpaired) electrons. The fourth-order valence-corrected chi connectivity index (χ4v) is 2.25. The largest absolute Gasteiger partial charge is 0.294 e. The summed E-state index contributed by atoms with van der Waals surface area (Å²) in [4.78, 5) is 11.1. The minimum atomic E-state index is -1.36. The number of halogens is 4. The topological polar surface area (TPSA) is 17.1 Å². The van der Waals surface area contributed by atoms with Gasteiger partial charge in [-0.05, 0) is 23.0 Å². The van der Waals surface area contributed by atoms with E-state index in [1.54, 1.807) is 0 Å². The molecule has 0 saturated heterocycles. The first-order valence-electron chi connectivity index (χ1n) is 7.31. The summed E-state index contributed by atoms with van der Waals surface area (Å²) in [7, 11) is 0. The molecular formula is C18H20F4O. The maximum atomic E-state index is 12.9. The van der Waals surface area contributed by atoms with E-state index in [0.717, 1.165) is 11.1 Å². The molecule has 0 bridgehead atoms. The second kappa shape index (κ2) is 7.57. The quantitative estimate of drug-likeness (QED) is 0.520. The highest BCUT2D eigenvalue weighted by molar-refractivity contribution is 6.01. The molecule has 0 saturated carbocycles. The van der Waals surface area contributed by atoms with Crippen LogP contribution in [0.1, 0.15) is 45.6 Å². The molecule has 1 nitrogen and oxygen atoms in total. The van der Waals surface area contributed by atoms with Crippen molar-refractivity contribution >= 4 is 5.78 Å². The van der Waals surface area contributed by atoms with Crippen LogP contribution in [0.15, 0.2) is 29.9 Å². The summed E-state index contributed by atoms with van der Waals surface area (Å²) in [6.45, 7) is 10.7. The molecule has 0 unspecified atom stereocenters. The summed E-state index contributed by atoms with van der Waals surface area (Å²) in [6.07, 6.45) is 2.44. The van der Waals surface area contributed by atoms with Crippen LogP contribution in [0.2, 0.25) is 0 Å². The van der Waals surface area contributed by atoms with Crippen molar-refractivity contribution < 1.29 is 22.4 Å². The maximum absolute atomic E-state index is 12.9. The molecule has 0 fully saturated rings. The zero-order valence-electron chi connectivity index (χ0n) is 13.6. The van der Waals surface area contributed by atoms with Crippen LogP contribution in [0.5, 0.6) is 0 Å². The van der Waals surface area contributed by atoms with Gasteiger partial charge in [0.15, 0.2) is 29.1 Å². The normalized spacial score (nSPS) is 14.3. The van der Waals surface area contributed by atoms with Gasteiger partial charge in [0, 0.05) is 18.1 Å². The molecule has 0 aliphatic heterocycles. The average Bonchev–Trinajstić information content (AvgIpc) is 2.76. The molecule has 1 aliphatic carbocycles. The summed E-state index contributed by atoms with van der Waals surface area (Å²) >= 11 is 0. The Morgan fingerprint density at radius 3 is 1.70 bits per heavy atom. The maximum Gasteiger partial charge on any atom is 0.165 e. The number of ketones is 1. The zero-order valence-corrected chi connectivity index (χ0v) is 13.6. The van der Waals surface area contributed by atoms with Crippen molar-refractivity contribution in [2.75, 3.05) is 0 Å². The Kier molecular flexibility index (Phi) is 6.30. The Balaban J connectivity index is 0.000000238. The number of carbonyl (C=O) groups excluding carboxylic acids is 1. The number of hydrogen-bond acceptors (Lipinski definition) is 1. The van der Waals surface area contributed by atoms with Crippen molar-refractivity contribution in [1.82, 2.24) is 0 Å². The molecule has 2 rings (SSSR count). The fraction of sp³-hybridized carbons (Fsp3) is 0.389. The van der Waals surface area contributed by atoms with Crippen LogP contribution in [0, 0.1) is 29.2 Å². The summed E-state index contributed by atoms with van der Waals surface area (Å²) < 4.78 is 51.0. The van der Waals surface area contributed by atoms with E-state index in [9.17, 15) is 22.4 Å². The van der Waals surface area contributed by atoms with E-state index in [4.69, 9.17) is 0 Å². The highest BCUT2D eigenvalue weighted by Gasteiger charge is 2.21.